The van der Waals surface area contributed by atoms with Crippen LogP contribution >= 0.6 is 0 Å². The molecular formula is C18H23FN4O. The van der Waals surface area contributed by atoms with Crippen LogP contribution in [0.1, 0.15) is 42.5 Å². The lowest BCUT2D eigenvalue weighted by Crippen LogP contribution is -2.30. The fraction of sp³-hybridized carbons (Fsp3) is 0.556. The summed E-state index contributed by atoms with van der Waals surface area (Å²) in [4.78, 5) is 9.33. The van der Waals surface area contributed by atoms with E-state index in [-0.39, 0.29) is 5.82 Å². The molecule has 0 unspecified atom stereocenters. The molecule has 24 heavy (non-hydrogen) atoms. The van der Waals surface area contributed by atoms with Gasteiger partial charge in [-0.1, -0.05) is 17.3 Å². The SMILES string of the molecule is Fc1ccc(CN2CCCN(Cc3nc(C4CC4)no3)CC2)cc1. The minimum Gasteiger partial charge on any atom is -0.338 e. The third kappa shape index (κ3) is 3.99. The van der Waals surface area contributed by atoms with Crippen LogP contribution in [0.15, 0.2) is 28.8 Å². The third-order valence-corrected chi connectivity index (χ3v) is 4.79. The fourth-order valence-electron chi connectivity index (χ4n) is 3.22. The molecule has 1 aliphatic heterocycles. The van der Waals surface area contributed by atoms with Gasteiger partial charge in [-0.05, 0) is 50.0 Å². The van der Waals surface area contributed by atoms with Gasteiger partial charge in [0.05, 0.1) is 6.54 Å². The van der Waals surface area contributed by atoms with Crippen LogP contribution in [-0.4, -0.2) is 46.1 Å². The normalized spacial score (nSPS) is 20.2. The summed E-state index contributed by atoms with van der Waals surface area (Å²) in [5.41, 5.74) is 1.16. The Morgan fingerprint density at radius 1 is 1.00 bits per heavy atom. The molecule has 0 N–H and O–H groups in total. The van der Waals surface area contributed by atoms with Gasteiger partial charge in [0.2, 0.25) is 5.89 Å². The van der Waals surface area contributed by atoms with Crippen molar-refractivity contribution in [3.8, 4) is 0 Å². The van der Waals surface area contributed by atoms with E-state index in [1.165, 1.54) is 25.0 Å². The van der Waals surface area contributed by atoms with Crippen LogP contribution in [0.4, 0.5) is 4.39 Å². The zero-order valence-corrected chi connectivity index (χ0v) is 13.8. The van der Waals surface area contributed by atoms with Crippen LogP contribution in [0, 0.1) is 5.82 Å². The molecule has 1 aliphatic carbocycles. The Bertz CT molecular complexity index is 668. The summed E-state index contributed by atoms with van der Waals surface area (Å²) in [6, 6.07) is 6.81. The minimum atomic E-state index is -0.175. The molecule has 1 saturated heterocycles. The van der Waals surface area contributed by atoms with Crippen molar-refractivity contribution in [2.45, 2.75) is 38.3 Å². The summed E-state index contributed by atoms with van der Waals surface area (Å²) < 4.78 is 18.4. The highest BCUT2D eigenvalue weighted by Crippen LogP contribution is 2.38. The third-order valence-electron chi connectivity index (χ3n) is 4.79. The summed E-state index contributed by atoms with van der Waals surface area (Å²) in [5, 5.41) is 4.09. The molecule has 0 atom stereocenters. The average Bonchev–Trinajstić information content (AvgIpc) is 3.36. The van der Waals surface area contributed by atoms with Crippen molar-refractivity contribution in [1.82, 2.24) is 19.9 Å². The lowest BCUT2D eigenvalue weighted by atomic mass is 10.2. The van der Waals surface area contributed by atoms with Gasteiger partial charge in [-0.25, -0.2) is 4.39 Å². The Morgan fingerprint density at radius 2 is 1.71 bits per heavy atom. The molecule has 2 aliphatic rings. The molecule has 0 spiro atoms. The van der Waals surface area contributed by atoms with E-state index in [1.807, 2.05) is 12.1 Å². The summed E-state index contributed by atoms with van der Waals surface area (Å²) in [7, 11) is 0. The first-order valence-electron chi connectivity index (χ1n) is 8.78. The standard InChI is InChI=1S/C18H23FN4O/c19-16-6-2-14(3-7-16)12-22-8-1-9-23(11-10-22)13-17-20-18(21-24-17)15-4-5-15/h2-3,6-7,15H,1,4-5,8-13H2. The number of benzene rings is 1. The van der Waals surface area contributed by atoms with Gasteiger partial charge < -0.3 is 4.52 Å². The highest BCUT2D eigenvalue weighted by Gasteiger charge is 2.29. The Hall–Kier alpha value is -1.79. The monoisotopic (exact) mass is 330 g/mol. The van der Waals surface area contributed by atoms with E-state index in [0.29, 0.717) is 5.92 Å². The van der Waals surface area contributed by atoms with Gasteiger partial charge in [-0.2, -0.15) is 4.98 Å². The first-order chi connectivity index (χ1) is 11.8. The maximum Gasteiger partial charge on any atom is 0.240 e. The van der Waals surface area contributed by atoms with Gasteiger partial charge in [-0.3, -0.25) is 9.80 Å². The number of halogens is 1. The molecule has 1 aromatic carbocycles. The second-order valence-electron chi connectivity index (χ2n) is 6.85. The second-order valence-corrected chi connectivity index (χ2v) is 6.85. The van der Waals surface area contributed by atoms with Crippen LogP contribution < -0.4 is 0 Å². The predicted octanol–water partition coefficient (Wildman–Crippen LogP) is 2.79. The summed E-state index contributed by atoms with van der Waals surface area (Å²) in [6.45, 7) is 5.71. The summed E-state index contributed by atoms with van der Waals surface area (Å²) in [5.74, 6) is 1.99. The lowest BCUT2D eigenvalue weighted by molar-refractivity contribution is 0.222. The first-order valence-corrected chi connectivity index (χ1v) is 8.78. The van der Waals surface area contributed by atoms with Gasteiger partial charge in [0.1, 0.15) is 5.82 Å². The van der Waals surface area contributed by atoms with Crippen LogP contribution in [0.25, 0.3) is 0 Å². The van der Waals surface area contributed by atoms with E-state index >= 15 is 0 Å². The van der Waals surface area contributed by atoms with Crippen molar-refractivity contribution in [2.75, 3.05) is 26.2 Å². The van der Waals surface area contributed by atoms with Crippen molar-refractivity contribution in [3.05, 3.63) is 47.4 Å². The smallest absolute Gasteiger partial charge is 0.240 e. The molecule has 2 heterocycles. The molecular weight excluding hydrogens is 307 g/mol. The topological polar surface area (TPSA) is 45.4 Å². The molecule has 1 saturated carbocycles. The van der Waals surface area contributed by atoms with Gasteiger partial charge >= 0.3 is 0 Å². The Morgan fingerprint density at radius 3 is 2.42 bits per heavy atom. The van der Waals surface area contributed by atoms with Gasteiger partial charge in [-0.15, -0.1) is 0 Å². The molecule has 2 fully saturated rings. The van der Waals surface area contributed by atoms with Crippen LogP contribution in [0.2, 0.25) is 0 Å². The lowest BCUT2D eigenvalue weighted by Gasteiger charge is -2.20. The van der Waals surface area contributed by atoms with E-state index in [2.05, 4.69) is 19.9 Å². The molecule has 0 radical (unpaired) electrons. The van der Waals surface area contributed by atoms with Crippen LogP contribution in [0.5, 0.6) is 0 Å². The zero-order chi connectivity index (χ0) is 16.4. The molecule has 6 heteroatoms. The molecule has 0 bridgehead atoms. The number of nitrogens with zero attached hydrogens (tertiary/aromatic N) is 4. The molecule has 128 valence electrons. The quantitative estimate of drug-likeness (QED) is 0.843. The number of hydrogen-bond donors (Lipinski definition) is 0. The van der Waals surface area contributed by atoms with Gasteiger partial charge in [0.25, 0.3) is 0 Å². The zero-order valence-electron chi connectivity index (χ0n) is 13.8. The average molecular weight is 330 g/mol. The summed E-state index contributed by atoms with van der Waals surface area (Å²) >= 11 is 0. The van der Waals surface area contributed by atoms with Crippen LogP contribution in [-0.2, 0) is 13.1 Å². The Kier molecular flexibility index (Phi) is 4.58. The first kappa shape index (κ1) is 15.7. The van der Waals surface area contributed by atoms with Gasteiger partial charge in [0.15, 0.2) is 5.82 Å². The maximum absolute atomic E-state index is 13.0. The Labute approximate surface area is 141 Å². The molecule has 4 rings (SSSR count). The maximum atomic E-state index is 13.0. The highest BCUT2D eigenvalue weighted by atomic mass is 19.1. The second kappa shape index (κ2) is 6.99. The van der Waals surface area contributed by atoms with Crippen molar-refractivity contribution in [1.29, 1.82) is 0 Å². The van der Waals surface area contributed by atoms with Gasteiger partial charge in [0, 0.05) is 25.6 Å². The van der Waals surface area contributed by atoms with Crippen molar-refractivity contribution >= 4 is 0 Å². The van der Waals surface area contributed by atoms with Crippen molar-refractivity contribution in [2.24, 2.45) is 0 Å². The predicted molar refractivity (Wildman–Crippen MR) is 87.8 cm³/mol. The van der Waals surface area contributed by atoms with Crippen LogP contribution in [0.3, 0.4) is 0 Å². The fourth-order valence-corrected chi connectivity index (χ4v) is 3.22. The van der Waals surface area contributed by atoms with E-state index in [9.17, 15) is 4.39 Å². The Balaban J connectivity index is 1.29. The van der Waals surface area contributed by atoms with E-state index in [1.54, 1.807) is 0 Å². The van der Waals surface area contributed by atoms with Crippen molar-refractivity contribution in [3.63, 3.8) is 0 Å². The number of rotatable bonds is 5. The highest BCUT2D eigenvalue weighted by molar-refractivity contribution is 5.15. The molecule has 5 nitrogen and oxygen atoms in total. The molecule has 2 aromatic rings. The number of hydrogen-bond acceptors (Lipinski definition) is 5. The minimum absolute atomic E-state index is 0.175. The number of aromatic nitrogens is 2. The van der Waals surface area contributed by atoms with E-state index in [4.69, 9.17) is 4.52 Å². The molecule has 1 aromatic heterocycles. The van der Waals surface area contributed by atoms with Crippen molar-refractivity contribution < 1.29 is 8.91 Å². The van der Waals surface area contributed by atoms with E-state index in [0.717, 1.165) is 63.0 Å². The molecule has 0 amide bonds. The summed E-state index contributed by atoms with van der Waals surface area (Å²) in [6.07, 6.45) is 3.51. The largest absolute Gasteiger partial charge is 0.338 e. The van der Waals surface area contributed by atoms with E-state index < -0.39 is 0 Å².